The van der Waals surface area contributed by atoms with Crippen LogP contribution in [0, 0.1) is 19.3 Å². The Bertz CT molecular complexity index is 1090. The Hall–Kier alpha value is -2.63. The first-order valence-electron chi connectivity index (χ1n) is 8.96. The number of halogens is 1. The van der Waals surface area contributed by atoms with Gasteiger partial charge in [0.2, 0.25) is 0 Å². The number of nitrogens with one attached hydrogen (secondary N) is 1. The molecule has 0 bridgehead atoms. The molecule has 3 aromatic rings. The van der Waals surface area contributed by atoms with E-state index in [4.69, 9.17) is 22.0 Å². The third kappa shape index (κ3) is 3.55. The van der Waals surface area contributed by atoms with Gasteiger partial charge in [0, 0.05) is 22.5 Å². The van der Waals surface area contributed by atoms with Gasteiger partial charge < -0.3 is 10.0 Å². The van der Waals surface area contributed by atoms with E-state index in [1.165, 1.54) is 22.5 Å². The molecule has 4 nitrogen and oxygen atoms in total. The highest BCUT2D eigenvalue weighted by Crippen LogP contribution is 2.33. The van der Waals surface area contributed by atoms with Gasteiger partial charge in [-0.15, -0.1) is 11.3 Å². The van der Waals surface area contributed by atoms with Crippen molar-refractivity contribution in [3.05, 3.63) is 80.3 Å². The third-order valence-electron chi connectivity index (χ3n) is 4.99. The Morgan fingerprint density at radius 1 is 1.14 bits per heavy atom. The molecule has 1 aliphatic heterocycles. The van der Waals surface area contributed by atoms with Gasteiger partial charge in [0.05, 0.1) is 17.8 Å². The van der Waals surface area contributed by atoms with Crippen molar-refractivity contribution in [2.75, 3.05) is 6.54 Å². The second-order valence-electron chi connectivity index (χ2n) is 6.99. The fraction of sp³-hybridized carbons (Fsp3) is 0.182. The number of benzene rings is 2. The first kappa shape index (κ1) is 18.7. The summed E-state index contributed by atoms with van der Waals surface area (Å²) in [5.74, 6) is 0.494. The topological polar surface area (TPSA) is 60.2 Å². The lowest BCUT2D eigenvalue weighted by atomic mass is 10.1. The van der Waals surface area contributed by atoms with Gasteiger partial charge in [-0.25, -0.2) is 4.98 Å². The number of hydrogen-bond acceptors (Lipinski definition) is 4. The molecule has 0 saturated heterocycles. The number of rotatable bonds is 4. The SMILES string of the molecule is Cc1ccc(-c2csc(C3=C(O)CN(Cc4ccc(Cl)cc4)C3=N)n2)cc1C. The van der Waals surface area contributed by atoms with Gasteiger partial charge in [0.1, 0.15) is 16.6 Å². The molecule has 0 radical (unpaired) electrons. The lowest BCUT2D eigenvalue weighted by Gasteiger charge is -2.18. The number of thiazole rings is 1. The lowest BCUT2D eigenvalue weighted by Crippen LogP contribution is -2.25. The molecule has 2 aromatic carbocycles. The monoisotopic (exact) mass is 409 g/mol. The first-order chi connectivity index (χ1) is 13.4. The molecule has 2 heterocycles. The van der Waals surface area contributed by atoms with E-state index in [-0.39, 0.29) is 5.76 Å². The molecular weight excluding hydrogens is 390 g/mol. The zero-order valence-corrected chi connectivity index (χ0v) is 17.2. The summed E-state index contributed by atoms with van der Waals surface area (Å²) < 4.78 is 0. The lowest BCUT2D eigenvalue weighted by molar-refractivity contribution is 0.347. The van der Waals surface area contributed by atoms with Gasteiger partial charge >= 0.3 is 0 Å². The molecule has 142 valence electrons. The van der Waals surface area contributed by atoms with E-state index in [0.29, 0.717) is 34.5 Å². The summed E-state index contributed by atoms with van der Waals surface area (Å²) >= 11 is 7.40. The van der Waals surface area contributed by atoms with E-state index in [0.717, 1.165) is 16.8 Å². The Balaban J connectivity index is 1.56. The molecule has 1 aliphatic rings. The Labute approximate surface area is 173 Å². The fourth-order valence-corrected chi connectivity index (χ4v) is 4.25. The summed E-state index contributed by atoms with van der Waals surface area (Å²) in [6, 6.07) is 13.8. The molecule has 0 fully saturated rings. The predicted octanol–water partition coefficient (Wildman–Crippen LogP) is 5.84. The number of aryl methyl sites for hydroxylation is 2. The van der Waals surface area contributed by atoms with E-state index in [1.54, 1.807) is 0 Å². The van der Waals surface area contributed by atoms with Gasteiger partial charge in [-0.05, 0) is 48.7 Å². The van der Waals surface area contributed by atoms with Crippen LogP contribution in [-0.2, 0) is 6.54 Å². The Kier molecular flexibility index (Phi) is 4.96. The van der Waals surface area contributed by atoms with Crippen LogP contribution in [0.4, 0.5) is 0 Å². The van der Waals surface area contributed by atoms with E-state index < -0.39 is 0 Å². The Morgan fingerprint density at radius 3 is 2.61 bits per heavy atom. The number of aliphatic hydroxyl groups excluding tert-OH is 1. The molecule has 0 saturated carbocycles. The zero-order chi connectivity index (χ0) is 19.8. The smallest absolute Gasteiger partial charge is 0.135 e. The van der Waals surface area contributed by atoms with Crippen molar-refractivity contribution in [3.8, 4) is 11.3 Å². The van der Waals surface area contributed by atoms with Crippen LogP contribution in [-0.4, -0.2) is 27.4 Å². The van der Waals surface area contributed by atoms with Gasteiger partial charge in [-0.1, -0.05) is 35.9 Å². The molecule has 1 aromatic heterocycles. The van der Waals surface area contributed by atoms with E-state index in [2.05, 4.69) is 32.0 Å². The molecule has 0 amide bonds. The van der Waals surface area contributed by atoms with Crippen molar-refractivity contribution in [1.82, 2.24) is 9.88 Å². The van der Waals surface area contributed by atoms with Crippen LogP contribution in [0.15, 0.2) is 53.6 Å². The van der Waals surface area contributed by atoms with Crippen LogP contribution in [0.2, 0.25) is 5.02 Å². The molecule has 28 heavy (non-hydrogen) atoms. The van der Waals surface area contributed by atoms with E-state index in [9.17, 15) is 5.11 Å². The van der Waals surface area contributed by atoms with Crippen molar-refractivity contribution in [1.29, 1.82) is 5.41 Å². The number of aliphatic hydroxyl groups is 1. The van der Waals surface area contributed by atoms with Gasteiger partial charge in [0.25, 0.3) is 0 Å². The first-order valence-corrected chi connectivity index (χ1v) is 10.2. The van der Waals surface area contributed by atoms with Crippen molar-refractivity contribution < 1.29 is 5.11 Å². The highest BCUT2D eigenvalue weighted by molar-refractivity contribution is 7.11. The number of hydrogen-bond donors (Lipinski definition) is 2. The van der Waals surface area contributed by atoms with Crippen LogP contribution in [0.5, 0.6) is 0 Å². The largest absolute Gasteiger partial charge is 0.510 e. The normalized spacial score (nSPS) is 14.2. The standard InChI is InChI=1S/C22H20ClN3OS/c1-13-3-6-16(9-14(13)2)18-12-28-22(25-18)20-19(27)11-26(21(20)24)10-15-4-7-17(23)8-5-15/h3-9,12,24,27H,10-11H2,1-2H3. The van der Waals surface area contributed by atoms with Crippen molar-refractivity contribution in [2.24, 2.45) is 0 Å². The van der Waals surface area contributed by atoms with E-state index in [1.807, 2.05) is 34.5 Å². The van der Waals surface area contributed by atoms with Crippen LogP contribution in [0.25, 0.3) is 16.8 Å². The third-order valence-corrected chi connectivity index (χ3v) is 6.10. The minimum absolute atomic E-state index is 0.194. The van der Waals surface area contributed by atoms with Gasteiger partial charge in [-0.2, -0.15) is 0 Å². The summed E-state index contributed by atoms with van der Waals surface area (Å²) in [5.41, 5.74) is 5.94. The van der Waals surface area contributed by atoms with Gasteiger partial charge in [0.15, 0.2) is 0 Å². The molecule has 0 aliphatic carbocycles. The second-order valence-corrected chi connectivity index (χ2v) is 8.28. The van der Waals surface area contributed by atoms with E-state index >= 15 is 0 Å². The molecular formula is C22H20ClN3OS. The number of amidine groups is 1. The maximum atomic E-state index is 10.5. The van der Waals surface area contributed by atoms with Crippen molar-refractivity contribution >= 4 is 34.3 Å². The molecule has 4 rings (SSSR count). The average molecular weight is 410 g/mol. The number of nitrogens with zero attached hydrogens (tertiary/aromatic N) is 2. The summed E-state index contributed by atoms with van der Waals surface area (Å²) in [4.78, 5) is 6.54. The minimum atomic E-state index is 0.194. The molecule has 0 atom stereocenters. The minimum Gasteiger partial charge on any atom is -0.510 e. The molecule has 2 N–H and O–H groups in total. The maximum absolute atomic E-state index is 10.5. The number of aromatic nitrogens is 1. The van der Waals surface area contributed by atoms with Gasteiger partial charge in [-0.3, -0.25) is 5.41 Å². The highest BCUT2D eigenvalue weighted by Gasteiger charge is 2.30. The zero-order valence-electron chi connectivity index (χ0n) is 15.7. The highest BCUT2D eigenvalue weighted by atomic mass is 35.5. The summed E-state index contributed by atoms with van der Waals surface area (Å²) in [7, 11) is 0. The molecule has 6 heteroatoms. The van der Waals surface area contributed by atoms with Crippen LogP contribution < -0.4 is 0 Å². The van der Waals surface area contributed by atoms with Crippen LogP contribution in [0.3, 0.4) is 0 Å². The summed E-state index contributed by atoms with van der Waals surface area (Å²) in [5, 5.41) is 22.4. The quantitative estimate of drug-likeness (QED) is 0.568. The second kappa shape index (κ2) is 7.41. The van der Waals surface area contributed by atoms with Crippen LogP contribution >= 0.6 is 22.9 Å². The van der Waals surface area contributed by atoms with Crippen LogP contribution in [0.1, 0.15) is 21.7 Å². The van der Waals surface area contributed by atoms with Crippen molar-refractivity contribution in [2.45, 2.75) is 20.4 Å². The Morgan fingerprint density at radius 2 is 1.89 bits per heavy atom. The van der Waals surface area contributed by atoms with Crippen molar-refractivity contribution in [3.63, 3.8) is 0 Å². The molecule has 0 unspecified atom stereocenters. The fourth-order valence-electron chi connectivity index (χ4n) is 3.23. The summed E-state index contributed by atoms with van der Waals surface area (Å²) in [6.07, 6.45) is 0. The molecule has 0 spiro atoms. The predicted molar refractivity (Wildman–Crippen MR) is 116 cm³/mol. The summed E-state index contributed by atoms with van der Waals surface area (Å²) in [6.45, 7) is 5.03. The average Bonchev–Trinajstić information content (AvgIpc) is 3.24. The maximum Gasteiger partial charge on any atom is 0.135 e.